The minimum Gasteiger partial charge on any atom is -0.460 e. The van der Waals surface area contributed by atoms with Gasteiger partial charge in [-0.1, -0.05) is 60.4 Å². The molecule has 1 aliphatic heterocycles. The average molecular weight is 454 g/mol. The van der Waals surface area contributed by atoms with Gasteiger partial charge in [0.15, 0.2) is 5.82 Å². The van der Waals surface area contributed by atoms with Gasteiger partial charge in [0, 0.05) is 30.5 Å². The molecule has 4 rings (SSSR count). The van der Waals surface area contributed by atoms with E-state index in [4.69, 9.17) is 4.74 Å². The molecule has 1 fully saturated rings. The zero-order chi connectivity index (χ0) is 24.2. The number of hydrogen-bond acceptors (Lipinski definition) is 5. The van der Waals surface area contributed by atoms with Crippen LogP contribution in [0, 0.1) is 11.8 Å². The number of aromatic nitrogens is 2. The Morgan fingerprint density at radius 2 is 1.53 bits per heavy atom. The zero-order valence-corrected chi connectivity index (χ0v) is 19.6. The summed E-state index contributed by atoms with van der Waals surface area (Å²) < 4.78 is 5.65. The van der Waals surface area contributed by atoms with Gasteiger partial charge in [0.2, 0.25) is 11.3 Å². The molecule has 1 atom stereocenters. The van der Waals surface area contributed by atoms with E-state index in [0.717, 1.165) is 11.1 Å². The summed E-state index contributed by atoms with van der Waals surface area (Å²) >= 11 is 0. The van der Waals surface area contributed by atoms with Crippen LogP contribution < -0.4 is 0 Å². The van der Waals surface area contributed by atoms with Gasteiger partial charge >= 0.3 is 5.97 Å². The lowest BCUT2D eigenvalue weighted by Gasteiger charge is -2.46. The molecule has 0 spiro atoms. The molecule has 0 aliphatic carbocycles. The molecule has 3 aromatic rings. The predicted molar refractivity (Wildman–Crippen MR) is 128 cm³/mol. The maximum absolute atomic E-state index is 13.6. The van der Waals surface area contributed by atoms with E-state index in [1.165, 1.54) is 0 Å². The summed E-state index contributed by atoms with van der Waals surface area (Å²) in [5.74, 6) is 5.24. The molecular formula is C28H27N3O3. The zero-order valence-electron chi connectivity index (χ0n) is 19.6. The molecule has 0 unspecified atom stereocenters. The second kappa shape index (κ2) is 9.48. The topological polar surface area (TPSA) is 72.4 Å². The smallest absolute Gasteiger partial charge is 0.329 e. The molecule has 0 radical (unpaired) electrons. The summed E-state index contributed by atoms with van der Waals surface area (Å²) in [6.07, 6.45) is 3.98. The molecule has 2 aromatic carbocycles. The Balaban J connectivity index is 1.65. The molecule has 34 heavy (non-hydrogen) atoms. The second-order valence-corrected chi connectivity index (χ2v) is 9.06. The van der Waals surface area contributed by atoms with Crippen molar-refractivity contribution in [2.24, 2.45) is 0 Å². The van der Waals surface area contributed by atoms with Crippen molar-refractivity contribution in [3.63, 3.8) is 0 Å². The molecule has 6 nitrogen and oxygen atoms in total. The molecule has 0 saturated carbocycles. The van der Waals surface area contributed by atoms with Crippen molar-refractivity contribution < 1.29 is 14.3 Å². The van der Waals surface area contributed by atoms with Crippen LogP contribution in [0.3, 0.4) is 0 Å². The summed E-state index contributed by atoms with van der Waals surface area (Å²) in [5.41, 5.74) is 0.331. The monoisotopic (exact) mass is 453 g/mol. The lowest BCUT2D eigenvalue weighted by Crippen LogP contribution is -2.62. The van der Waals surface area contributed by atoms with Gasteiger partial charge in [-0.15, -0.1) is 0 Å². The first-order valence-electron chi connectivity index (χ1n) is 11.2. The highest BCUT2D eigenvalue weighted by Gasteiger charge is 2.58. The van der Waals surface area contributed by atoms with Crippen LogP contribution in [0.2, 0.25) is 0 Å². The molecule has 1 aromatic heterocycles. The second-order valence-electron chi connectivity index (χ2n) is 9.06. The molecule has 172 valence electrons. The van der Waals surface area contributed by atoms with Gasteiger partial charge in [0.25, 0.3) is 0 Å². The highest BCUT2D eigenvalue weighted by Crippen LogP contribution is 2.40. The summed E-state index contributed by atoms with van der Waals surface area (Å²) in [7, 11) is 1.71. The van der Waals surface area contributed by atoms with Crippen LogP contribution in [-0.2, 0) is 26.3 Å². The third kappa shape index (κ3) is 4.55. The number of piperidine rings is 1. The van der Waals surface area contributed by atoms with Gasteiger partial charge in [-0.3, -0.25) is 9.59 Å². The van der Waals surface area contributed by atoms with Gasteiger partial charge in [-0.2, -0.15) is 0 Å². The van der Waals surface area contributed by atoms with E-state index in [2.05, 4.69) is 21.8 Å². The van der Waals surface area contributed by atoms with Crippen molar-refractivity contribution in [2.75, 3.05) is 7.05 Å². The van der Waals surface area contributed by atoms with Crippen LogP contribution in [0.15, 0.2) is 73.1 Å². The summed E-state index contributed by atoms with van der Waals surface area (Å²) in [5, 5.41) is 0. The van der Waals surface area contributed by atoms with E-state index in [1.807, 2.05) is 74.5 Å². The van der Waals surface area contributed by atoms with Gasteiger partial charge < -0.3 is 9.64 Å². The molecule has 6 heteroatoms. The molecule has 1 aliphatic rings. The fourth-order valence-electron chi connectivity index (χ4n) is 3.94. The Morgan fingerprint density at radius 3 is 2.18 bits per heavy atom. The van der Waals surface area contributed by atoms with E-state index in [0.29, 0.717) is 12.0 Å². The number of amides is 1. The fraction of sp³-hybridized carbons (Fsp3) is 0.286. The van der Waals surface area contributed by atoms with Gasteiger partial charge in [0.05, 0.1) is 5.56 Å². The predicted octanol–water partition coefficient (Wildman–Crippen LogP) is 3.89. The van der Waals surface area contributed by atoms with Crippen molar-refractivity contribution in [3.8, 4) is 11.8 Å². The molecule has 1 amide bonds. The first kappa shape index (κ1) is 23.2. The van der Waals surface area contributed by atoms with Crippen molar-refractivity contribution in [3.05, 3.63) is 95.6 Å². The lowest BCUT2D eigenvalue weighted by molar-refractivity contribution is -0.166. The van der Waals surface area contributed by atoms with E-state index in [9.17, 15) is 9.59 Å². The average Bonchev–Trinajstić information content (AvgIpc) is 2.87. The SMILES string of the molecule is CN1C(=O)[C@@](C(=O)OCc2ccccc2)(c2ncc(C#Cc3ccccc3)cn2)CCC1(C)C. The lowest BCUT2D eigenvalue weighted by atomic mass is 9.72. The van der Waals surface area contributed by atoms with Crippen LogP contribution in [0.1, 0.15) is 49.2 Å². The number of carbonyl (C=O) groups is 2. The van der Waals surface area contributed by atoms with Gasteiger partial charge in [-0.05, 0) is 44.4 Å². The minimum atomic E-state index is -1.59. The number of likely N-dealkylation sites (tertiary alicyclic amines) is 1. The Bertz CT molecular complexity index is 1230. The first-order chi connectivity index (χ1) is 16.3. The van der Waals surface area contributed by atoms with E-state index in [-0.39, 0.29) is 30.3 Å². The third-order valence-corrected chi connectivity index (χ3v) is 6.41. The number of nitrogens with zero attached hydrogens (tertiary/aromatic N) is 3. The van der Waals surface area contributed by atoms with Crippen LogP contribution in [0.5, 0.6) is 0 Å². The van der Waals surface area contributed by atoms with Crippen molar-refractivity contribution in [1.29, 1.82) is 0 Å². The number of carbonyl (C=O) groups excluding carboxylic acids is 2. The normalized spacial score (nSPS) is 19.1. The number of hydrogen-bond donors (Lipinski definition) is 0. The highest BCUT2D eigenvalue weighted by molar-refractivity contribution is 6.08. The van der Waals surface area contributed by atoms with Crippen molar-refractivity contribution in [2.45, 2.75) is 44.2 Å². The Kier molecular flexibility index (Phi) is 6.47. The van der Waals surface area contributed by atoms with Crippen LogP contribution >= 0.6 is 0 Å². The van der Waals surface area contributed by atoms with Gasteiger partial charge in [-0.25, -0.2) is 9.97 Å². The number of rotatable bonds is 4. The quantitative estimate of drug-likeness (QED) is 0.341. The molecular weight excluding hydrogens is 426 g/mol. The van der Waals surface area contributed by atoms with Crippen molar-refractivity contribution in [1.82, 2.24) is 14.9 Å². The summed E-state index contributed by atoms with van der Waals surface area (Å²) in [4.78, 5) is 37.6. The van der Waals surface area contributed by atoms with E-state index < -0.39 is 11.4 Å². The summed E-state index contributed by atoms with van der Waals surface area (Å²) in [6, 6.07) is 19.0. The van der Waals surface area contributed by atoms with E-state index in [1.54, 1.807) is 24.3 Å². The maximum Gasteiger partial charge on any atom is 0.329 e. The number of esters is 1. The minimum absolute atomic E-state index is 0.0719. The number of benzene rings is 2. The Labute approximate surface area is 200 Å². The molecule has 2 heterocycles. The first-order valence-corrected chi connectivity index (χ1v) is 11.2. The number of likely N-dealkylation sites (N-methyl/N-ethyl adjacent to an activating group) is 1. The maximum atomic E-state index is 13.6. The van der Waals surface area contributed by atoms with Crippen LogP contribution in [-0.4, -0.2) is 39.3 Å². The van der Waals surface area contributed by atoms with Crippen molar-refractivity contribution >= 4 is 11.9 Å². The Morgan fingerprint density at radius 1 is 0.941 bits per heavy atom. The van der Waals surface area contributed by atoms with Crippen LogP contribution in [0.4, 0.5) is 0 Å². The summed E-state index contributed by atoms with van der Waals surface area (Å²) in [6.45, 7) is 4.03. The largest absolute Gasteiger partial charge is 0.460 e. The molecule has 0 N–H and O–H groups in total. The Hall–Kier alpha value is -3.98. The van der Waals surface area contributed by atoms with Gasteiger partial charge in [0.1, 0.15) is 6.61 Å². The molecule has 1 saturated heterocycles. The third-order valence-electron chi connectivity index (χ3n) is 6.41. The van der Waals surface area contributed by atoms with E-state index >= 15 is 0 Å². The molecule has 0 bridgehead atoms. The van der Waals surface area contributed by atoms with Crippen LogP contribution in [0.25, 0.3) is 0 Å². The highest BCUT2D eigenvalue weighted by atomic mass is 16.5. The fourth-order valence-corrected chi connectivity index (χ4v) is 3.94. The number of ether oxygens (including phenoxy) is 1. The standard InChI is InChI=1S/C28H27N3O3/c1-27(2)16-17-28(25(32)31(27)3,26(33)34-20-22-12-8-5-9-13-22)24-29-18-23(19-30-24)15-14-21-10-6-4-7-11-21/h4-13,18-19H,16-17,20H2,1-3H3/t28-/m0/s1.